The first kappa shape index (κ1) is 18.7. The lowest BCUT2D eigenvalue weighted by atomic mass is 10.1. The fourth-order valence-electron chi connectivity index (χ4n) is 2.44. The van der Waals surface area contributed by atoms with Crippen LogP contribution in [0.2, 0.25) is 0 Å². The monoisotopic (exact) mass is 383 g/mol. The SMILES string of the molecule is COc1cc(CSc2ccc(-c3cccc([N+](=O)[O-])c3)nn2)cc(OC)c1. The number of nitrogens with zero attached hydrogens (tertiary/aromatic N) is 3. The van der Waals surface area contributed by atoms with Crippen molar-refractivity contribution in [2.75, 3.05) is 14.2 Å². The third-order valence-electron chi connectivity index (χ3n) is 3.79. The van der Waals surface area contributed by atoms with E-state index in [2.05, 4.69) is 10.2 Å². The van der Waals surface area contributed by atoms with Crippen LogP contribution in [0.4, 0.5) is 5.69 Å². The van der Waals surface area contributed by atoms with Gasteiger partial charge >= 0.3 is 0 Å². The summed E-state index contributed by atoms with van der Waals surface area (Å²) in [5.74, 6) is 2.15. The van der Waals surface area contributed by atoms with Gasteiger partial charge in [0.2, 0.25) is 0 Å². The Labute approximate surface area is 160 Å². The molecule has 0 aliphatic carbocycles. The van der Waals surface area contributed by atoms with E-state index >= 15 is 0 Å². The summed E-state index contributed by atoms with van der Waals surface area (Å²) in [6.07, 6.45) is 0. The zero-order valence-corrected chi connectivity index (χ0v) is 15.6. The molecule has 3 aromatic rings. The van der Waals surface area contributed by atoms with E-state index in [0.717, 1.165) is 22.1 Å². The number of non-ortho nitro benzene ring substituents is 1. The molecule has 0 radical (unpaired) electrons. The molecule has 27 heavy (non-hydrogen) atoms. The van der Waals surface area contributed by atoms with Crippen molar-refractivity contribution in [1.29, 1.82) is 0 Å². The molecule has 0 saturated heterocycles. The maximum Gasteiger partial charge on any atom is 0.270 e. The van der Waals surface area contributed by atoms with Crippen LogP contribution in [-0.2, 0) is 5.75 Å². The fourth-order valence-corrected chi connectivity index (χ4v) is 3.18. The molecule has 0 amide bonds. The van der Waals surface area contributed by atoms with Crippen molar-refractivity contribution in [2.45, 2.75) is 10.8 Å². The first-order valence-electron chi connectivity index (χ1n) is 8.02. The van der Waals surface area contributed by atoms with Crippen molar-refractivity contribution in [3.05, 3.63) is 70.3 Å². The van der Waals surface area contributed by atoms with Crippen LogP contribution in [0.3, 0.4) is 0 Å². The molecule has 0 aliphatic rings. The van der Waals surface area contributed by atoms with Crippen molar-refractivity contribution in [3.8, 4) is 22.8 Å². The second kappa shape index (κ2) is 8.50. The van der Waals surface area contributed by atoms with Gasteiger partial charge in [0.25, 0.3) is 5.69 Å². The molecule has 0 saturated carbocycles. The normalized spacial score (nSPS) is 10.4. The zero-order valence-electron chi connectivity index (χ0n) is 14.8. The zero-order chi connectivity index (χ0) is 19.2. The number of hydrogen-bond acceptors (Lipinski definition) is 7. The largest absolute Gasteiger partial charge is 0.497 e. The highest BCUT2D eigenvalue weighted by Crippen LogP contribution is 2.28. The highest BCUT2D eigenvalue weighted by atomic mass is 32.2. The molecular formula is C19H17N3O4S. The van der Waals surface area contributed by atoms with E-state index in [-0.39, 0.29) is 5.69 Å². The third kappa shape index (κ3) is 4.73. The van der Waals surface area contributed by atoms with E-state index in [4.69, 9.17) is 9.47 Å². The number of aromatic nitrogens is 2. The molecule has 1 aromatic heterocycles. The van der Waals surface area contributed by atoms with Crippen LogP contribution in [0.25, 0.3) is 11.3 Å². The summed E-state index contributed by atoms with van der Waals surface area (Å²) < 4.78 is 10.6. The summed E-state index contributed by atoms with van der Waals surface area (Å²) in [5, 5.41) is 20.1. The van der Waals surface area contributed by atoms with Gasteiger partial charge in [-0.2, -0.15) is 0 Å². The van der Waals surface area contributed by atoms with Gasteiger partial charge in [-0.1, -0.05) is 23.9 Å². The van der Waals surface area contributed by atoms with Gasteiger partial charge in [0, 0.05) is 29.5 Å². The molecule has 7 nitrogen and oxygen atoms in total. The number of rotatable bonds is 7. The van der Waals surface area contributed by atoms with Gasteiger partial charge in [-0.25, -0.2) is 0 Å². The van der Waals surface area contributed by atoms with Gasteiger partial charge in [-0.3, -0.25) is 10.1 Å². The Morgan fingerprint density at radius 3 is 2.33 bits per heavy atom. The summed E-state index contributed by atoms with van der Waals surface area (Å²) in [7, 11) is 3.23. The predicted octanol–water partition coefficient (Wildman–Crippen LogP) is 4.36. The van der Waals surface area contributed by atoms with Gasteiger partial charge in [0.05, 0.1) is 24.8 Å². The van der Waals surface area contributed by atoms with Crippen molar-refractivity contribution in [3.63, 3.8) is 0 Å². The summed E-state index contributed by atoms with van der Waals surface area (Å²) in [5.41, 5.74) is 2.32. The molecule has 0 unspecified atom stereocenters. The van der Waals surface area contributed by atoms with E-state index in [1.165, 1.54) is 23.9 Å². The minimum absolute atomic E-state index is 0.0275. The van der Waals surface area contributed by atoms with Crippen molar-refractivity contribution in [2.24, 2.45) is 0 Å². The maximum atomic E-state index is 10.9. The third-order valence-corrected chi connectivity index (χ3v) is 4.78. The minimum atomic E-state index is -0.427. The second-order valence-corrected chi connectivity index (χ2v) is 6.57. The average molecular weight is 383 g/mol. The number of nitro benzene ring substituents is 1. The van der Waals surface area contributed by atoms with Gasteiger partial charge in [0.15, 0.2) is 0 Å². The molecule has 0 atom stereocenters. The molecule has 0 fully saturated rings. The van der Waals surface area contributed by atoms with Crippen molar-refractivity contribution >= 4 is 17.4 Å². The number of ether oxygens (including phenoxy) is 2. The Kier molecular flexibility index (Phi) is 5.87. The maximum absolute atomic E-state index is 10.9. The molecule has 0 N–H and O–H groups in total. The Balaban J connectivity index is 1.71. The van der Waals surface area contributed by atoms with Crippen molar-refractivity contribution < 1.29 is 14.4 Å². The van der Waals surface area contributed by atoms with Crippen LogP contribution in [0.15, 0.2) is 59.6 Å². The van der Waals surface area contributed by atoms with Gasteiger partial charge in [0.1, 0.15) is 16.5 Å². The highest BCUT2D eigenvalue weighted by molar-refractivity contribution is 7.98. The molecule has 0 spiro atoms. The van der Waals surface area contributed by atoms with E-state index in [1.54, 1.807) is 32.4 Å². The van der Waals surface area contributed by atoms with Crippen LogP contribution < -0.4 is 9.47 Å². The minimum Gasteiger partial charge on any atom is -0.497 e. The van der Waals surface area contributed by atoms with Crippen LogP contribution in [0.1, 0.15) is 5.56 Å². The topological polar surface area (TPSA) is 87.4 Å². The molecule has 138 valence electrons. The molecule has 0 aliphatic heterocycles. The highest BCUT2D eigenvalue weighted by Gasteiger charge is 2.09. The first-order chi connectivity index (χ1) is 13.1. The lowest BCUT2D eigenvalue weighted by Gasteiger charge is -2.08. The Morgan fingerprint density at radius 1 is 1.00 bits per heavy atom. The summed E-state index contributed by atoms with van der Waals surface area (Å²) in [6, 6.07) is 15.7. The summed E-state index contributed by atoms with van der Waals surface area (Å²) in [6.45, 7) is 0. The summed E-state index contributed by atoms with van der Waals surface area (Å²) in [4.78, 5) is 10.5. The Hall–Kier alpha value is -3.13. The number of benzene rings is 2. The summed E-state index contributed by atoms with van der Waals surface area (Å²) >= 11 is 1.53. The van der Waals surface area contributed by atoms with Gasteiger partial charge < -0.3 is 9.47 Å². The van der Waals surface area contributed by atoms with E-state index < -0.39 is 4.92 Å². The van der Waals surface area contributed by atoms with E-state index in [1.807, 2.05) is 24.3 Å². The second-order valence-electron chi connectivity index (χ2n) is 5.57. The van der Waals surface area contributed by atoms with Gasteiger partial charge in [-0.15, -0.1) is 10.2 Å². The predicted molar refractivity (Wildman–Crippen MR) is 103 cm³/mol. The lowest BCUT2D eigenvalue weighted by molar-refractivity contribution is -0.384. The number of nitro groups is 1. The number of methoxy groups -OCH3 is 2. The van der Waals surface area contributed by atoms with Crippen molar-refractivity contribution in [1.82, 2.24) is 10.2 Å². The molecular weight excluding hydrogens is 366 g/mol. The molecule has 8 heteroatoms. The van der Waals surface area contributed by atoms with E-state index in [9.17, 15) is 10.1 Å². The average Bonchev–Trinajstić information content (AvgIpc) is 2.72. The van der Waals surface area contributed by atoms with Crippen LogP contribution in [-0.4, -0.2) is 29.3 Å². The quantitative estimate of drug-likeness (QED) is 0.340. The Bertz CT molecular complexity index is 926. The smallest absolute Gasteiger partial charge is 0.270 e. The van der Waals surface area contributed by atoms with Crippen LogP contribution in [0.5, 0.6) is 11.5 Å². The Morgan fingerprint density at radius 2 is 1.74 bits per heavy atom. The molecule has 3 rings (SSSR count). The van der Waals surface area contributed by atoms with E-state index in [0.29, 0.717) is 17.0 Å². The number of hydrogen-bond donors (Lipinski definition) is 0. The standard InChI is InChI=1S/C19H17N3O4S/c1-25-16-8-13(9-17(11-16)26-2)12-27-19-7-6-18(20-21-19)14-4-3-5-15(10-14)22(23)24/h3-11H,12H2,1-2H3. The lowest BCUT2D eigenvalue weighted by Crippen LogP contribution is -1.93. The van der Waals surface area contributed by atoms with Crippen LogP contribution >= 0.6 is 11.8 Å². The molecule has 1 heterocycles. The molecule has 2 aromatic carbocycles. The number of thioether (sulfide) groups is 1. The van der Waals surface area contributed by atoms with Crippen LogP contribution in [0, 0.1) is 10.1 Å². The van der Waals surface area contributed by atoms with Gasteiger partial charge in [-0.05, 0) is 29.8 Å². The fraction of sp³-hybridized carbons (Fsp3) is 0.158. The first-order valence-corrected chi connectivity index (χ1v) is 9.01. The molecule has 0 bridgehead atoms.